The Kier molecular flexibility index (Phi) is 3.41. The summed E-state index contributed by atoms with van der Waals surface area (Å²) in [6.07, 6.45) is -4.07. The lowest BCUT2D eigenvalue weighted by Gasteiger charge is -2.14. The van der Waals surface area contributed by atoms with Crippen molar-refractivity contribution in [1.29, 1.82) is 0 Å². The maximum absolute atomic E-state index is 12.5. The van der Waals surface area contributed by atoms with Crippen LogP contribution in [0.25, 0.3) is 0 Å². The summed E-state index contributed by atoms with van der Waals surface area (Å²) >= 11 is 0. The van der Waals surface area contributed by atoms with Crippen LogP contribution in [0.1, 0.15) is 0 Å². The van der Waals surface area contributed by atoms with Gasteiger partial charge in [-0.25, -0.2) is 4.39 Å². The van der Waals surface area contributed by atoms with Crippen molar-refractivity contribution in [2.75, 3.05) is 6.67 Å². The molecule has 0 aliphatic heterocycles. The van der Waals surface area contributed by atoms with Crippen molar-refractivity contribution >= 4 is 10.2 Å². The molecule has 0 saturated heterocycles. The molecule has 90 valence electrons. The van der Waals surface area contributed by atoms with Crippen LogP contribution in [0.2, 0.25) is 0 Å². The summed E-state index contributed by atoms with van der Waals surface area (Å²) in [6, 6.07) is 3.35. The highest BCUT2D eigenvalue weighted by molar-refractivity contribution is 7.86. The number of hydrogen-bond acceptors (Lipinski definition) is 3. The van der Waals surface area contributed by atoms with Gasteiger partial charge in [-0.15, -0.1) is 3.89 Å². The van der Waals surface area contributed by atoms with E-state index < -0.39 is 33.7 Å². The SMILES string of the molecule is O=S(=O)(F)c1cccc(OC(F)(F)CF)c1. The molecular weight excluding hydrogens is 252 g/mol. The van der Waals surface area contributed by atoms with Crippen LogP contribution in [0.4, 0.5) is 17.1 Å². The molecule has 0 spiro atoms. The molecule has 1 aromatic carbocycles. The fourth-order valence-electron chi connectivity index (χ4n) is 0.889. The fourth-order valence-corrected chi connectivity index (χ4v) is 1.39. The molecule has 0 bridgehead atoms. The van der Waals surface area contributed by atoms with Crippen LogP contribution in [-0.2, 0) is 10.2 Å². The van der Waals surface area contributed by atoms with E-state index in [2.05, 4.69) is 4.74 Å². The minimum atomic E-state index is -5.01. The summed E-state index contributed by atoms with van der Waals surface area (Å²) in [5.41, 5.74) is 0. The van der Waals surface area contributed by atoms with Crippen LogP contribution in [0, 0.1) is 0 Å². The lowest BCUT2D eigenvalue weighted by Crippen LogP contribution is -2.27. The minimum Gasteiger partial charge on any atom is -0.431 e. The molecular formula is C8H6F4O3S. The molecule has 0 radical (unpaired) electrons. The van der Waals surface area contributed by atoms with Crippen molar-refractivity contribution in [3.8, 4) is 5.75 Å². The third kappa shape index (κ3) is 3.37. The molecule has 0 fully saturated rings. The number of alkyl halides is 3. The lowest BCUT2D eigenvalue weighted by molar-refractivity contribution is -0.186. The second kappa shape index (κ2) is 4.28. The van der Waals surface area contributed by atoms with E-state index in [0.717, 1.165) is 18.2 Å². The maximum atomic E-state index is 12.5. The van der Waals surface area contributed by atoms with Crippen molar-refractivity contribution in [2.45, 2.75) is 11.0 Å². The molecule has 0 aliphatic carbocycles. The second-order valence-corrected chi connectivity index (χ2v) is 4.13. The Morgan fingerprint density at radius 3 is 2.44 bits per heavy atom. The summed E-state index contributed by atoms with van der Waals surface area (Å²) < 4.78 is 73.8. The van der Waals surface area contributed by atoms with Gasteiger partial charge in [-0.05, 0) is 12.1 Å². The van der Waals surface area contributed by atoms with Crippen LogP contribution < -0.4 is 4.74 Å². The van der Waals surface area contributed by atoms with E-state index >= 15 is 0 Å². The number of halogens is 4. The number of hydrogen-bond donors (Lipinski definition) is 0. The first-order chi connectivity index (χ1) is 7.24. The predicted octanol–water partition coefficient (Wildman–Crippen LogP) is 2.29. The quantitative estimate of drug-likeness (QED) is 0.614. The van der Waals surface area contributed by atoms with E-state index in [0.29, 0.717) is 6.07 Å². The molecule has 0 atom stereocenters. The second-order valence-electron chi connectivity index (χ2n) is 2.79. The molecule has 0 N–H and O–H groups in total. The Labute approximate surface area is 88.9 Å². The van der Waals surface area contributed by atoms with Crippen LogP contribution in [0.15, 0.2) is 29.2 Å². The number of ether oxygens (including phenoxy) is 1. The molecule has 3 nitrogen and oxygen atoms in total. The van der Waals surface area contributed by atoms with Crippen LogP contribution in [0.3, 0.4) is 0 Å². The Morgan fingerprint density at radius 1 is 1.31 bits per heavy atom. The molecule has 16 heavy (non-hydrogen) atoms. The zero-order valence-electron chi connectivity index (χ0n) is 7.66. The van der Waals surface area contributed by atoms with Gasteiger partial charge in [0.1, 0.15) is 10.6 Å². The molecule has 1 rings (SSSR count). The zero-order valence-corrected chi connectivity index (χ0v) is 8.48. The maximum Gasteiger partial charge on any atom is 0.427 e. The first-order valence-corrected chi connectivity index (χ1v) is 5.30. The average molecular weight is 258 g/mol. The van der Waals surface area contributed by atoms with Gasteiger partial charge in [-0.1, -0.05) is 6.07 Å². The fraction of sp³-hybridized carbons (Fsp3) is 0.250. The molecule has 0 aliphatic rings. The van der Waals surface area contributed by atoms with E-state index in [1.54, 1.807) is 0 Å². The van der Waals surface area contributed by atoms with Crippen LogP contribution >= 0.6 is 0 Å². The molecule has 0 aromatic heterocycles. The van der Waals surface area contributed by atoms with Gasteiger partial charge in [0.25, 0.3) is 0 Å². The van der Waals surface area contributed by atoms with Crippen molar-refractivity contribution in [3.05, 3.63) is 24.3 Å². The van der Waals surface area contributed by atoms with Gasteiger partial charge in [0.05, 0.1) is 0 Å². The molecule has 0 unspecified atom stereocenters. The van der Waals surface area contributed by atoms with Gasteiger partial charge in [-0.2, -0.15) is 17.2 Å². The van der Waals surface area contributed by atoms with Gasteiger partial charge < -0.3 is 4.74 Å². The van der Waals surface area contributed by atoms with Gasteiger partial charge in [0.15, 0.2) is 6.67 Å². The monoisotopic (exact) mass is 258 g/mol. The zero-order chi connectivity index (χ0) is 12.4. The summed E-state index contributed by atoms with van der Waals surface area (Å²) in [7, 11) is -5.01. The molecule has 0 heterocycles. The van der Waals surface area contributed by atoms with E-state index in [1.165, 1.54) is 0 Å². The Hall–Kier alpha value is -1.31. The Balaban J connectivity index is 3.01. The smallest absolute Gasteiger partial charge is 0.427 e. The van der Waals surface area contributed by atoms with E-state index in [1.807, 2.05) is 0 Å². The Bertz CT molecular complexity index is 472. The molecule has 0 amide bonds. The topological polar surface area (TPSA) is 43.4 Å². The van der Waals surface area contributed by atoms with Crippen molar-refractivity contribution in [3.63, 3.8) is 0 Å². The highest BCUT2D eigenvalue weighted by Gasteiger charge is 2.31. The summed E-state index contributed by atoms with van der Waals surface area (Å²) in [6.45, 7) is -2.07. The summed E-state index contributed by atoms with van der Waals surface area (Å²) in [5.74, 6) is -0.638. The third-order valence-corrected chi connectivity index (χ3v) is 2.33. The van der Waals surface area contributed by atoms with Gasteiger partial charge >= 0.3 is 16.3 Å². The van der Waals surface area contributed by atoms with E-state index in [4.69, 9.17) is 0 Å². The van der Waals surface area contributed by atoms with Gasteiger partial charge in [0.2, 0.25) is 0 Å². The summed E-state index contributed by atoms with van der Waals surface area (Å²) in [4.78, 5) is -0.834. The van der Waals surface area contributed by atoms with Crippen LogP contribution in [-0.4, -0.2) is 21.2 Å². The van der Waals surface area contributed by atoms with Crippen molar-refractivity contribution in [1.82, 2.24) is 0 Å². The van der Waals surface area contributed by atoms with Crippen molar-refractivity contribution in [2.24, 2.45) is 0 Å². The average Bonchev–Trinajstić information content (AvgIpc) is 2.16. The van der Waals surface area contributed by atoms with Crippen LogP contribution in [0.5, 0.6) is 5.75 Å². The summed E-state index contributed by atoms with van der Waals surface area (Å²) in [5, 5.41) is 0. The standard InChI is InChI=1S/C8H6F4O3S/c9-5-8(10,11)15-6-2-1-3-7(4-6)16(12,13)14/h1-4H,5H2. The number of rotatable bonds is 4. The Morgan fingerprint density at radius 2 is 1.94 bits per heavy atom. The lowest BCUT2D eigenvalue weighted by atomic mass is 10.3. The predicted molar refractivity (Wildman–Crippen MR) is 46.3 cm³/mol. The highest BCUT2D eigenvalue weighted by atomic mass is 32.3. The van der Waals surface area contributed by atoms with Crippen molar-refractivity contribution < 1.29 is 30.2 Å². The minimum absolute atomic E-state index is 0.541. The highest BCUT2D eigenvalue weighted by Crippen LogP contribution is 2.25. The first kappa shape index (κ1) is 12.8. The molecule has 8 heteroatoms. The van der Waals surface area contributed by atoms with E-state index in [9.17, 15) is 25.5 Å². The largest absolute Gasteiger partial charge is 0.431 e. The molecule has 1 aromatic rings. The van der Waals surface area contributed by atoms with Gasteiger partial charge in [0, 0.05) is 6.07 Å². The first-order valence-electron chi connectivity index (χ1n) is 3.92. The van der Waals surface area contributed by atoms with E-state index in [-0.39, 0.29) is 0 Å². The number of benzene rings is 1. The molecule has 0 saturated carbocycles. The van der Waals surface area contributed by atoms with Gasteiger partial charge in [-0.3, -0.25) is 0 Å². The normalized spacial score (nSPS) is 12.5. The third-order valence-electron chi connectivity index (χ3n) is 1.51.